The third kappa shape index (κ3) is 4.37. The van der Waals surface area contributed by atoms with Crippen molar-refractivity contribution >= 4 is 23.4 Å². The van der Waals surface area contributed by atoms with E-state index in [0.717, 1.165) is 0 Å². The highest BCUT2D eigenvalue weighted by atomic mass is 35.5. The monoisotopic (exact) mass is 323 g/mol. The molecule has 22 heavy (non-hydrogen) atoms. The van der Waals surface area contributed by atoms with Gasteiger partial charge < -0.3 is 15.8 Å². The lowest BCUT2D eigenvalue weighted by molar-refractivity contribution is -0.124. The van der Waals surface area contributed by atoms with Crippen molar-refractivity contribution in [1.82, 2.24) is 5.32 Å². The Morgan fingerprint density at radius 3 is 2.64 bits per heavy atom. The summed E-state index contributed by atoms with van der Waals surface area (Å²) in [6.07, 6.45) is 0. The Bertz CT molecular complexity index is 625. The van der Waals surface area contributed by atoms with E-state index in [1.807, 2.05) is 13.8 Å². The summed E-state index contributed by atoms with van der Waals surface area (Å²) >= 11 is 5.83. The molecule has 1 atom stereocenters. The van der Waals surface area contributed by atoms with Gasteiger partial charge in [0.25, 0.3) is 11.8 Å². The molecule has 1 aromatic rings. The van der Waals surface area contributed by atoms with E-state index in [1.165, 1.54) is 18.2 Å². The second kappa shape index (κ2) is 7.14. The molecule has 1 aromatic carbocycles. The molecule has 0 spiro atoms. The lowest BCUT2D eigenvalue weighted by Gasteiger charge is -2.27. The number of nitrogens with one attached hydrogen (secondary N) is 1. The van der Waals surface area contributed by atoms with Crippen molar-refractivity contribution in [3.05, 3.63) is 28.8 Å². The van der Waals surface area contributed by atoms with Gasteiger partial charge in [-0.25, -0.2) is 0 Å². The number of benzene rings is 1. The quantitative estimate of drug-likeness (QED) is 0.833. The third-order valence-electron chi connectivity index (χ3n) is 3.35. The van der Waals surface area contributed by atoms with Crippen molar-refractivity contribution in [2.75, 3.05) is 6.61 Å². The van der Waals surface area contributed by atoms with Crippen molar-refractivity contribution in [3.63, 3.8) is 0 Å². The molecule has 0 aliphatic heterocycles. The summed E-state index contributed by atoms with van der Waals surface area (Å²) in [4.78, 5) is 23.2. The maximum Gasteiger partial charge on any atom is 0.259 e. The van der Waals surface area contributed by atoms with Gasteiger partial charge in [0.05, 0.1) is 11.6 Å². The van der Waals surface area contributed by atoms with E-state index < -0.39 is 17.4 Å². The standard InChI is InChI=1S/C15H18ClN3O3/c1-9(2)15(3,8-17)19-13(20)7-22-12-6-10(16)4-5-11(12)14(18)21/h4-6,9H,7H2,1-3H3,(H2,18,21)(H,19,20)/t15-/m1/s1. The molecule has 0 saturated heterocycles. The highest BCUT2D eigenvalue weighted by molar-refractivity contribution is 6.30. The third-order valence-corrected chi connectivity index (χ3v) is 3.59. The lowest BCUT2D eigenvalue weighted by atomic mass is 9.90. The van der Waals surface area contributed by atoms with Gasteiger partial charge in [0.15, 0.2) is 6.61 Å². The fraction of sp³-hybridized carbons (Fsp3) is 0.400. The number of amides is 2. The van der Waals surface area contributed by atoms with E-state index in [1.54, 1.807) is 6.92 Å². The summed E-state index contributed by atoms with van der Waals surface area (Å²) in [6, 6.07) is 6.39. The zero-order valence-electron chi connectivity index (χ0n) is 12.6. The van der Waals surface area contributed by atoms with Gasteiger partial charge in [-0.1, -0.05) is 25.4 Å². The molecule has 0 aromatic heterocycles. The number of rotatable bonds is 6. The number of halogens is 1. The Labute approximate surface area is 134 Å². The van der Waals surface area contributed by atoms with Crippen LogP contribution in [0.5, 0.6) is 5.75 Å². The van der Waals surface area contributed by atoms with Crippen LogP contribution in [0.15, 0.2) is 18.2 Å². The van der Waals surface area contributed by atoms with Gasteiger partial charge in [0.1, 0.15) is 11.3 Å². The minimum absolute atomic E-state index is 0.0752. The number of hydrogen-bond acceptors (Lipinski definition) is 4. The summed E-state index contributed by atoms with van der Waals surface area (Å²) in [7, 11) is 0. The SMILES string of the molecule is CC(C)[C@@](C)(C#N)NC(=O)COc1cc(Cl)ccc1C(N)=O. The predicted molar refractivity (Wildman–Crippen MR) is 82.5 cm³/mol. The average molecular weight is 324 g/mol. The molecule has 0 aliphatic carbocycles. The Kier molecular flexibility index (Phi) is 5.77. The lowest BCUT2D eigenvalue weighted by Crippen LogP contribution is -2.50. The molecular weight excluding hydrogens is 306 g/mol. The maximum absolute atomic E-state index is 11.9. The number of nitrogens with two attached hydrogens (primary N) is 1. The van der Waals surface area contributed by atoms with Gasteiger partial charge in [0, 0.05) is 5.02 Å². The Morgan fingerprint density at radius 2 is 2.14 bits per heavy atom. The zero-order chi connectivity index (χ0) is 16.9. The molecule has 118 valence electrons. The van der Waals surface area contributed by atoms with Crippen LogP contribution >= 0.6 is 11.6 Å². The van der Waals surface area contributed by atoms with Crippen LogP contribution in [0.2, 0.25) is 5.02 Å². The van der Waals surface area contributed by atoms with E-state index >= 15 is 0 Å². The Hall–Kier alpha value is -2.26. The zero-order valence-corrected chi connectivity index (χ0v) is 13.4. The van der Waals surface area contributed by atoms with Crippen LogP contribution in [0.3, 0.4) is 0 Å². The molecule has 1 rings (SSSR count). The normalized spacial score (nSPS) is 13.1. The number of carbonyl (C=O) groups excluding carboxylic acids is 2. The van der Waals surface area contributed by atoms with Gasteiger partial charge in [-0.15, -0.1) is 0 Å². The van der Waals surface area contributed by atoms with Crippen molar-refractivity contribution < 1.29 is 14.3 Å². The van der Waals surface area contributed by atoms with Gasteiger partial charge >= 0.3 is 0 Å². The molecule has 3 N–H and O–H groups in total. The van der Waals surface area contributed by atoms with Gasteiger partial charge in [-0.05, 0) is 31.0 Å². The number of nitriles is 1. The van der Waals surface area contributed by atoms with Crippen LogP contribution in [0.1, 0.15) is 31.1 Å². The molecule has 2 amide bonds. The summed E-state index contributed by atoms with van der Waals surface area (Å²) < 4.78 is 5.30. The molecule has 0 saturated carbocycles. The molecule has 0 fully saturated rings. The van der Waals surface area contributed by atoms with Crippen LogP contribution in [-0.4, -0.2) is 24.0 Å². The number of carbonyl (C=O) groups is 2. The molecule has 0 bridgehead atoms. The summed E-state index contributed by atoms with van der Waals surface area (Å²) in [5, 5.41) is 12.1. The number of primary amides is 1. The van der Waals surface area contributed by atoms with E-state index in [0.29, 0.717) is 5.02 Å². The van der Waals surface area contributed by atoms with Crippen LogP contribution in [0.4, 0.5) is 0 Å². The topological polar surface area (TPSA) is 105 Å². The smallest absolute Gasteiger partial charge is 0.259 e. The van der Waals surface area contributed by atoms with E-state index in [2.05, 4.69) is 11.4 Å². The first-order valence-corrected chi connectivity index (χ1v) is 7.02. The molecule has 0 heterocycles. The first kappa shape index (κ1) is 17.8. The first-order chi connectivity index (χ1) is 10.2. The highest BCUT2D eigenvalue weighted by Crippen LogP contribution is 2.23. The van der Waals surface area contributed by atoms with Crippen LogP contribution in [-0.2, 0) is 4.79 Å². The average Bonchev–Trinajstić information content (AvgIpc) is 2.44. The van der Waals surface area contributed by atoms with Gasteiger partial charge in [-0.3, -0.25) is 9.59 Å². The predicted octanol–water partition coefficient (Wildman–Crippen LogP) is 1.87. The number of hydrogen-bond donors (Lipinski definition) is 2. The fourth-order valence-corrected chi connectivity index (χ4v) is 1.75. The molecule has 0 radical (unpaired) electrons. The second-order valence-corrected chi connectivity index (χ2v) is 5.75. The van der Waals surface area contributed by atoms with Crippen molar-refractivity contribution in [3.8, 4) is 11.8 Å². The van der Waals surface area contributed by atoms with Crippen LogP contribution in [0.25, 0.3) is 0 Å². The van der Waals surface area contributed by atoms with Crippen LogP contribution < -0.4 is 15.8 Å². The summed E-state index contributed by atoms with van der Waals surface area (Å²) in [5.41, 5.74) is 4.36. The second-order valence-electron chi connectivity index (χ2n) is 5.31. The molecular formula is C15H18ClN3O3. The van der Waals surface area contributed by atoms with Crippen molar-refractivity contribution in [2.24, 2.45) is 11.7 Å². The van der Waals surface area contributed by atoms with Crippen LogP contribution in [0, 0.1) is 17.2 Å². The Morgan fingerprint density at radius 1 is 1.50 bits per heavy atom. The molecule has 7 heteroatoms. The fourth-order valence-electron chi connectivity index (χ4n) is 1.59. The number of nitrogens with zero attached hydrogens (tertiary/aromatic N) is 1. The minimum atomic E-state index is -0.999. The summed E-state index contributed by atoms with van der Waals surface area (Å²) in [5.74, 6) is -1.11. The minimum Gasteiger partial charge on any atom is -0.483 e. The van der Waals surface area contributed by atoms with E-state index in [-0.39, 0.29) is 23.8 Å². The van der Waals surface area contributed by atoms with E-state index in [4.69, 9.17) is 27.3 Å². The largest absolute Gasteiger partial charge is 0.483 e. The van der Waals surface area contributed by atoms with Crippen molar-refractivity contribution in [2.45, 2.75) is 26.3 Å². The van der Waals surface area contributed by atoms with Crippen molar-refractivity contribution in [1.29, 1.82) is 5.26 Å². The molecule has 0 aliphatic rings. The van der Waals surface area contributed by atoms with Gasteiger partial charge in [-0.2, -0.15) is 5.26 Å². The molecule has 0 unspecified atom stereocenters. The maximum atomic E-state index is 11.9. The van der Waals surface area contributed by atoms with E-state index in [9.17, 15) is 9.59 Å². The molecule has 6 nitrogen and oxygen atoms in total. The summed E-state index contributed by atoms with van der Waals surface area (Å²) in [6.45, 7) is 4.92. The Balaban J connectivity index is 2.79. The van der Waals surface area contributed by atoms with Gasteiger partial charge in [0.2, 0.25) is 0 Å². The highest BCUT2D eigenvalue weighted by Gasteiger charge is 2.30. The first-order valence-electron chi connectivity index (χ1n) is 6.64. The number of ether oxygens (including phenoxy) is 1.